The summed E-state index contributed by atoms with van der Waals surface area (Å²) in [5, 5.41) is 6.27. The Bertz CT molecular complexity index is 662. The molecular weight excluding hydrogens is 252 g/mol. The van der Waals surface area contributed by atoms with Crippen molar-refractivity contribution in [3.8, 4) is 0 Å². The van der Waals surface area contributed by atoms with Crippen LogP contribution in [-0.2, 0) is 0 Å². The number of hydrogen-bond acceptors (Lipinski definition) is 4. The van der Waals surface area contributed by atoms with E-state index in [-0.39, 0.29) is 11.9 Å². The van der Waals surface area contributed by atoms with Crippen molar-refractivity contribution in [2.75, 3.05) is 13.1 Å². The van der Waals surface area contributed by atoms with Gasteiger partial charge in [-0.15, -0.1) is 0 Å². The Morgan fingerprint density at radius 1 is 1.25 bits per heavy atom. The second kappa shape index (κ2) is 5.17. The minimum atomic E-state index is -0.0411. The summed E-state index contributed by atoms with van der Waals surface area (Å²) in [5.74, 6) is -0.0411. The fourth-order valence-corrected chi connectivity index (χ4v) is 2.42. The molecule has 1 amide bonds. The van der Waals surface area contributed by atoms with Crippen molar-refractivity contribution in [2.45, 2.75) is 26.3 Å². The fourth-order valence-electron chi connectivity index (χ4n) is 2.42. The molecular formula is C15H18N4O. The average molecular weight is 270 g/mol. The number of benzene rings is 1. The Morgan fingerprint density at radius 3 is 2.70 bits per heavy atom. The molecule has 2 N–H and O–H groups in total. The van der Waals surface area contributed by atoms with Gasteiger partial charge in [-0.3, -0.25) is 4.79 Å². The van der Waals surface area contributed by atoms with Gasteiger partial charge in [0.1, 0.15) is 0 Å². The van der Waals surface area contributed by atoms with Crippen LogP contribution in [0.15, 0.2) is 18.2 Å². The third-order valence-electron chi connectivity index (χ3n) is 3.73. The molecule has 2 heterocycles. The maximum absolute atomic E-state index is 12.2. The first kappa shape index (κ1) is 13.0. The summed E-state index contributed by atoms with van der Waals surface area (Å²) >= 11 is 0. The second-order valence-corrected chi connectivity index (χ2v) is 5.26. The summed E-state index contributed by atoms with van der Waals surface area (Å²) in [6, 6.07) is 5.70. The monoisotopic (exact) mass is 270 g/mol. The highest BCUT2D eigenvalue weighted by Crippen LogP contribution is 2.14. The Labute approximate surface area is 117 Å². The summed E-state index contributed by atoms with van der Waals surface area (Å²) < 4.78 is 0. The Hall–Kier alpha value is -2.01. The first-order valence-electron chi connectivity index (χ1n) is 6.90. The van der Waals surface area contributed by atoms with Crippen LogP contribution in [0.1, 0.15) is 28.2 Å². The van der Waals surface area contributed by atoms with Gasteiger partial charge < -0.3 is 10.6 Å². The number of carbonyl (C=O) groups is 1. The summed E-state index contributed by atoms with van der Waals surface area (Å²) in [6.07, 6.45) is 0.984. The number of fused-ring (bicyclic) bond motifs is 1. The van der Waals surface area contributed by atoms with E-state index in [0.29, 0.717) is 5.56 Å². The maximum Gasteiger partial charge on any atom is 0.251 e. The number of nitrogens with zero attached hydrogens (tertiary/aromatic N) is 2. The van der Waals surface area contributed by atoms with Crippen LogP contribution in [0.2, 0.25) is 0 Å². The van der Waals surface area contributed by atoms with Gasteiger partial charge in [0, 0.05) is 18.2 Å². The first-order valence-corrected chi connectivity index (χ1v) is 6.90. The lowest BCUT2D eigenvalue weighted by atomic mass is 10.1. The average Bonchev–Trinajstić information content (AvgIpc) is 2.92. The molecule has 0 bridgehead atoms. The van der Waals surface area contributed by atoms with Crippen molar-refractivity contribution in [3.05, 3.63) is 35.2 Å². The number of rotatable bonds is 2. The van der Waals surface area contributed by atoms with Crippen molar-refractivity contribution >= 4 is 16.9 Å². The number of amides is 1. The van der Waals surface area contributed by atoms with Crippen LogP contribution in [-0.4, -0.2) is 35.0 Å². The van der Waals surface area contributed by atoms with Gasteiger partial charge in [-0.2, -0.15) is 0 Å². The van der Waals surface area contributed by atoms with Gasteiger partial charge in [-0.1, -0.05) is 0 Å². The molecule has 1 aromatic heterocycles. The molecule has 104 valence electrons. The van der Waals surface area contributed by atoms with Gasteiger partial charge >= 0.3 is 0 Å². The van der Waals surface area contributed by atoms with Gasteiger partial charge in [-0.05, 0) is 45.0 Å². The zero-order chi connectivity index (χ0) is 14.1. The molecule has 5 heteroatoms. The lowest BCUT2D eigenvalue weighted by molar-refractivity contribution is 0.0940. The molecule has 1 atom stereocenters. The van der Waals surface area contributed by atoms with E-state index in [9.17, 15) is 4.79 Å². The van der Waals surface area contributed by atoms with Crippen LogP contribution in [0.5, 0.6) is 0 Å². The molecule has 1 fully saturated rings. The lowest BCUT2D eigenvalue weighted by Gasteiger charge is -2.11. The van der Waals surface area contributed by atoms with Crippen LogP contribution >= 0.6 is 0 Å². The highest BCUT2D eigenvalue weighted by molar-refractivity contribution is 5.97. The minimum absolute atomic E-state index is 0.0411. The van der Waals surface area contributed by atoms with Gasteiger partial charge in [0.2, 0.25) is 0 Å². The largest absolute Gasteiger partial charge is 0.348 e. The number of nitrogens with one attached hydrogen (secondary N) is 2. The first-order chi connectivity index (χ1) is 9.63. The molecule has 0 radical (unpaired) electrons. The standard InChI is InChI=1S/C15H18N4O/c1-9-10(2)18-14-7-11(3-4-13(14)17-9)15(20)19-12-5-6-16-8-12/h3-4,7,12,16H,5-6,8H2,1-2H3,(H,19,20). The summed E-state index contributed by atoms with van der Waals surface area (Å²) in [7, 11) is 0. The molecule has 1 unspecified atom stereocenters. The number of carbonyl (C=O) groups excluding carboxylic acids is 1. The quantitative estimate of drug-likeness (QED) is 0.864. The molecule has 0 spiro atoms. The summed E-state index contributed by atoms with van der Waals surface area (Å²) in [5.41, 5.74) is 4.06. The van der Waals surface area contributed by atoms with Gasteiger partial charge in [-0.25, -0.2) is 9.97 Å². The van der Waals surface area contributed by atoms with Crippen LogP contribution in [0.4, 0.5) is 0 Å². The fraction of sp³-hybridized carbons (Fsp3) is 0.400. The van der Waals surface area contributed by atoms with Gasteiger partial charge in [0.15, 0.2) is 0 Å². The molecule has 3 rings (SSSR count). The van der Waals surface area contributed by atoms with Crippen LogP contribution in [0, 0.1) is 13.8 Å². The Balaban J connectivity index is 1.87. The second-order valence-electron chi connectivity index (χ2n) is 5.26. The molecule has 1 aliphatic heterocycles. The molecule has 0 aliphatic carbocycles. The van der Waals surface area contributed by atoms with Crippen molar-refractivity contribution < 1.29 is 4.79 Å². The van der Waals surface area contributed by atoms with E-state index in [4.69, 9.17) is 0 Å². The molecule has 5 nitrogen and oxygen atoms in total. The third kappa shape index (κ3) is 2.49. The van der Waals surface area contributed by atoms with Crippen LogP contribution in [0.25, 0.3) is 11.0 Å². The molecule has 20 heavy (non-hydrogen) atoms. The van der Waals surface area contributed by atoms with E-state index in [1.165, 1.54) is 0 Å². The lowest BCUT2D eigenvalue weighted by Crippen LogP contribution is -2.36. The third-order valence-corrected chi connectivity index (χ3v) is 3.73. The molecule has 2 aromatic rings. The predicted octanol–water partition coefficient (Wildman–Crippen LogP) is 1.34. The Kier molecular flexibility index (Phi) is 3.36. The van der Waals surface area contributed by atoms with E-state index < -0.39 is 0 Å². The maximum atomic E-state index is 12.2. The predicted molar refractivity (Wildman–Crippen MR) is 77.8 cm³/mol. The van der Waals surface area contributed by atoms with Crippen molar-refractivity contribution in [1.29, 1.82) is 0 Å². The number of aryl methyl sites for hydroxylation is 2. The Morgan fingerprint density at radius 2 is 2.00 bits per heavy atom. The van der Waals surface area contributed by atoms with E-state index in [2.05, 4.69) is 20.6 Å². The smallest absolute Gasteiger partial charge is 0.251 e. The normalized spacial score (nSPS) is 18.4. The topological polar surface area (TPSA) is 66.9 Å². The number of hydrogen-bond donors (Lipinski definition) is 2. The molecule has 0 saturated carbocycles. The van der Waals surface area contributed by atoms with Crippen molar-refractivity contribution in [2.24, 2.45) is 0 Å². The van der Waals surface area contributed by atoms with Crippen LogP contribution < -0.4 is 10.6 Å². The van der Waals surface area contributed by atoms with Gasteiger partial charge in [0.25, 0.3) is 5.91 Å². The summed E-state index contributed by atoms with van der Waals surface area (Å²) in [4.78, 5) is 21.2. The van der Waals surface area contributed by atoms with Crippen molar-refractivity contribution in [3.63, 3.8) is 0 Å². The molecule has 1 aliphatic rings. The number of aromatic nitrogens is 2. The summed E-state index contributed by atoms with van der Waals surface area (Å²) in [6.45, 7) is 5.68. The highest BCUT2D eigenvalue weighted by atomic mass is 16.1. The van der Waals surface area contributed by atoms with Crippen LogP contribution in [0.3, 0.4) is 0 Å². The molecule has 1 aromatic carbocycles. The SMILES string of the molecule is Cc1nc2ccc(C(=O)NC3CCNC3)cc2nc1C. The van der Waals surface area contributed by atoms with E-state index in [1.807, 2.05) is 32.0 Å². The minimum Gasteiger partial charge on any atom is -0.348 e. The van der Waals surface area contributed by atoms with E-state index in [0.717, 1.165) is 41.9 Å². The molecule has 1 saturated heterocycles. The van der Waals surface area contributed by atoms with E-state index >= 15 is 0 Å². The zero-order valence-corrected chi connectivity index (χ0v) is 11.7. The highest BCUT2D eigenvalue weighted by Gasteiger charge is 2.17. The van der Waals surface area contributed by atoms with E-state index in [1.54, 1.807) is 0 Å². The zero-order valence-electron chi connectivity index (χ0n) is 11.7. The van der Waals surface area contributed by atoms with Gasteiger partial charge in [0.05, 0.1) is 22.4 Å². The van der Waals surface area contributed by atoms with Crippen molar-refractivity contribution in [1.82, 2.24) is 20.6 Å².